The molecule has 7 nitrogen and oxygen atoms in total. The van der Waals surface area contributed by atoms with E-state index >= 15 is 0 Å². The Morgan fingerprint density at radius 1 is 1.14 bits per heavy atom. The van der Waals surface area contributed by atoms with E-state index in [0.717, 1.165) is 5.56 Å². The zero-order valence-corrected chi connectivity index (χ0v) is 16.3. The van der Waals surface area contributed by atoms with Gasteiger partial charge in [-0.2, -0.15) is 0 Å². The lowest BCUT2D eigenvalue weighted by Crippen LogP contribution is -2.36. The van der Waals surface area contributed by atoms with Crippen molar-refractivity contribution in [2.75, 3.05) is 6.54 Å². The molecule has 148 valence electrons. The van der Waals surface area contributed by atoms with Gasteiger partial charge in [0.25, 0.3) is 11.8 Å². The molecule has 2 aromatic carbocycles. The fourth-order valence-electron chi connectivity index (χ4n) is 2.68. The number of amides is 2. The second-order valence-corrected chi connectivity index (χ2v) is 6.73. The molecule has 0 radical (unpaired) electrons. The van der Waals surface area contributed by atoms with Crippen LogP contribution in [0, 0.1) is 0 Å². The maximum atomic E-state index is 12.8. The maximum absolute atomic E-state index is 12.8. The Bertz CT molecular complexity index is 1080. The van der Waals surface area contributed by atoms with E-state index in [4.69, 9.17) is 22.1 Å². The number of rotatable bonds is 6. The average molecular weight is 412 g/mol. The Balaban J connectivity index is 1.87. The Morgan fingerprint density at radius 2 is 1.83 bits per heavy atom. The third-order valence-corrected chi connectivity index (χ3v) is 4.45. The van der Waals surface area contributed by atoms with Crippen LogP contribution >= 0.6 is 11.6 Å². The number of nitrogens with two attached hydrogens (primary N) is 1. The van der Waals surface area contributed by atoms with Crippen LogP contribution in [-0.4, -0.2) is 35.4 Å². The third kappa shape index (κ3) is 4.89. The van der Waals surface area contributed by atoms with Crippen LogP contribution in [0.15, 0.2) is 54.6 Å². The highest BCUT2D eigenvalue weighted by atomic mass is 35.5. The SMILES string of the molecule is C[C@@H](OC(=O)CNC(=O)c1cc(-c2ccc(Cl)cc2)nc2ccccc12)C(N)=O. The van der Waals surface area contributed by atoms with E-state index in [1.165, 1.54) is 6.92 Å². The number of primary amides is 1. The summed E-state index contributed by atoms with van der Waals surface area (Å²) in [4.78, 5) is 40.2. The largest absolute Gasteiger partial charge is 0.451 e. The van der Waals surface area contributed by atoms with Crippen molar-refractivity contribution in [3.05, 3.63) is 65.2 Å². The van der Waals surface area contributed by atoms with E-state index in [0.29, 0.717) is 27.2 Å². The van der Waals surface area contributed by atoms with Gasteiger partial charge in [-0.3, -0.25) is 14.4 Å². The number of hydrogen-bond acceptors (Lipinski definition) is 5. The van der Waals surface area contributed by atoms with E-state index in [-0.39, 0.29) is 0 Å². The van der Waals surface area contributed by atoms with Gasteiger partial charge in [0, 0.05) is 16.0 Å². The highest BCUT2D eigenvalue weighted by molar-refractivity contribution is 6.30. The van der Waals surface area contributed by atoms with Crippen molar-refractivity contribution in [3.63, 3.8) is 0 Å². The minimum absolute atomic E-state index is 0.358. The zero-order chi connectivity index (χ0) is 21.0. The predicted molar refractivity (Wildman–Crippen MR) is 109 cm³/mol. The molecule has 0 saturated heterocycles. The van der Waals surface area contributed by atoms with Crippen LogP contribution in [-0.2, 0) is 14.3 Å². The van der Waals surface area contributed by atoms with Gasteiger partial charge in [-0.1, -0.05) is 41.9 Å². The minimum Gasteiger partial charge on any atom is -0.451 e. The molecule has 1 aromatic heterocycles. The fraction of sp³-hybridized carbons (Fsp3) is 0.143. The summed E-state index contributed by atoms with van der Waals surface area (Å²) >= 11 is 5.95. The summed E-state index contributed by atoms with van der Waals surface area (Å²) < 4.78 is 4.84. The number of hydrogen-bond donors (Lipinski definition) is 2. The van der Waals surface area contributed by atoms with Crippen LogP contribution < -0.4 is 11.1 Å². The third-order valence-electron chi connectivity index (χ3n) is 4.20. The standard InChI is InChI=1S/C21H18ClN3O4/c1-12(20(23)27)29-19(26)11-24-21(28)16-10-18(13-6-8-14(22)9-7-13)25-17-5-3-2-4-15(16)17/h2-10,12H,11H2,1H3,(H2,23,27)(H,24,28)/t12-/m1/s1. The summed E-state index contributed by atoms with van der Waals surface area (Å²) in [5, 5.41) is 3.74. The molecule has 3 aromatic rings. The predicted octanol–water partition coefficient (Wildman–Crippen LogP) is 2.70. The number of fused-ring (bicyclic) bond motifs is 1. The van der Waals surface area contributed by atoms with Gasteiger partial charge in [0.1, 0.15) is 6.54 Å². The van der Waals surface area contributed by atoms with Crippen molar-refractivity contribution in [2.24, 2.45) is 5.73 Å². The van der Waals surface area contributed by atoms with Crippen molar-refractivity contribution >= 4 is 40.3 Å². The van der Waals surface area contributed by atoms with Gasteiger partial charge in [-0.05, 0) is 31.2 Å². The van der Waals surface area contributed by atoms with Gasteiger partial charge in [0.15, 0.2) is 6.10 Å². The molecule has 0 saturated carbocycles. The number of ether oxygens (including phenoxy) is 1. The van der Waals surface area contributed by atoms with Gasteiger partial charge in [0.2, 0.25) is 0 Å². The molecule has 8 heteroatoms. The summed E-state index contributed by atoms with van der Waals surface area (Å²) in [5.74, 6) is -2.00. The van der Waals surface area contributed by atoms with Crippen molar-refractivity contribution in [2.45, 2.75) is 13.0 Å². The number of carbonyl (C=O) groups is 3. The van der Waals surface area contributed by atoms with Crippen molar-refractivity contribution < 1.29 is 19.1 Å². The number of benzene rings is 2. The molecule has 0 aliphatic heterocycles. The van der Waals surface area contributed by atoms with Crippen molar-refractivity contribution in [1.82, 2.24) is 10.3 Å². The highest BCUT2D eigenvalue weighted by Gasteiger charge is 2.18. The first-order valence-electron chi connectivity index (χ1n) is 8.78. The number of para-hydroxylation sites is 1. The first-order valence-corrected chi connectivity index (χ1v) is 9.15. The van der Waals surface area contributed by atoms with E-state index in [1.807, 2.05) is 18.2 Å². The Labute approximate surface area is 171 Å². The lowest BCUT2D eigenvalue weighted by Gasteiger charge is -2.12. The van der Waals surface area contributed by atoms with Crippen LogP contribution in [0.3, 0.4) is 0 Å². The fourth-order valence-corrected chi connectivity index (χ4v) is 2.80. The van der Waals surface area contributed by atoms with Crippen molar-refractivity contribution in [3.8, 4) is 11.3 Å². The molecule has 1 heterocycles. The van der Waals surface area contributed by atoms with E-state index < -0.39 is 30.4 Å². The second kappa shape index (κ2) is 8.70. The van der Waals surface area contributed by atoms with Crippen LogP contribution in [0.5, 0.6) is 0 Å². The lowest BCUT2D eigenvalue weighted by atomic mass is 10.0. The first kappa shape index (κ1) is 20.3. The zero-order valence-electron chi connectivity index (χ0n) is 15.5. The monoisotopic (exact) mass is 411 g/mol. The molecule has 0 fully saturated rings. The van der Waals surface area contributed by atoms with Gasteiger partial charge in [-0.25, -0.2) is 4.98 Å². The second-order valence-electron chi connectivity index (χ2n) is 6.30. The Morgan fingerprint density at radius 3 is 2.52 bits per heavy atom. The average Bonchev–Trinajstić information content (AvgIpc) is 2.71. The first-order chi connectivity index (χ1) is 13.8. The van der Waals surface area contributed by atoms with Crippen LogP contribution in [0.4, 0.5) is 0 Å². The highest BCUT2D eigenvalue weighted by Crippen LogP contribution is 2.25. The number of halogens is 1. The molecular formula is C21H18ClN3O4. The summed E-state index contributed by atoms with van der Waals surface area (Å²) in [7, 11) is 0. The van der Waals surface area contributed by atoms with Crippen LogP contribution in [0.1, 0.15) is 17.3 Å². The maximum Gasteiger partial charge on any atom is 0.326 e. The summed E-state index contributed by atoms with van der Waals surface area (Å²) in [6, 6.07) is 15.9. The molecule has 0 unspecified atom stereocenters. The Hall–Kier alpha value is -3.45. The molecule has 0 aliphatic rings. The Kier molecular flexibility index (Phi) is 6.09. The molecule has 2 amide bonds. The minimum atomic E-state index is -1.07. The molecule has 3 rings (SSSR count). The van der Waals surface area contributed by atoms with E-state index in [1.54, 1.807) is 36.4 Å². The van der Waals surface area contributed by atoms with Crippen LogP contribution in [0.25, 0.3) is 22.2 Å². The van der Waals surface area contributed by atoms with Crippen LogP contribution in [0.2, 0.25) is 5.02 Å². The van der Waals surface area contributed by atoms with Gasteiger partial charge in [0.05, 0.1) is 16.8 Å². The number of carbonyl (C=O) groups excluding carboxylic acids is 3. The smallest absolute Gasteiger partial charge is 0.326 e. The summed E-state index contributed by atoms with van der Waals surface area (Å²) in [5.41, 5.74) is 7.44. The molecule has 1 atom stereocenters. The molecule has 0 aliphatic carbocycles. The molecular weight excluding hydrogens is 394 g/mol. The van der Waals surface area contributed by atoms with Gasteiger partial charge in [-0.15, -0.1) is 0 Å². The van der Waals surface area contributed by atoms with E-state index in [9.17, 15) is 14.4 Å². The normalized spacial score (nSPS) is 11.7. The molecule has 0 bridgehead atoms. The number of nitrogens with one attached hydrogen (secondary N) is 1. The molecule has 0 spiro atoms. The topological polar surface area (TPSA) is 111 Å². The molecule has 29 heavy (non-hydrogen) atoms. The van der Waals surface area contributed by atoms with E-state index in [2.05, 4.69) is 10.3 Å². The summed E-state index contributed by atoms with van der Waals surface area (Å²) in [6.45, 7) is 0.959. The lowest BCUT2D eigenvalue weighted by molar-refractivity contribution is -0.152. The number of esters is 1. The molecule has 3 N–H and O–H groups in total. The number of pyridine rings is 1. The van der Waals surface area contributed by atoms with Gasteiger partial charge < -0.3 is 15.8 Å². The number of nitrogens with zero attached hydrogens (tertiary/aromatic N) is 1. The van der Waals surface area contributed by atoms with Gasteiger partial charge >= 0.3 is 5.97 Å². The summed E-state index contributed by atoms with van der Waals surface area (Å²) in [6.07, 6.45) is -1.07. The quantitative estimate of drug-likeness (QED) is 0.606. The number of aromatic nitrogens is 1. The van der Waals surface area contributed by atoms with Crippen molar-refractivity contribution in [1.29, 1.82) is 0 Å².